The molecule has 2 N–H and O–H groups in total. The first-order valence-corrected chi connectivity index (χ1v) is 7.57. The highest BCUT2D eigenvalue weighted by molar-refractivity contribution is 5.97. The summed E-state index contributed by atoms with van der Waals surface area (Å²) in [6.45, 7) is 13.6. The smallest absolute Gasteiger partial charge is 0.321 e. The van der Waals surface area contributed by atoms with Crippen LogP contribution in [0.5, 0.6) is 0 Å². The number of morpholine rings is 1. The highest BCUT2D eigenvalue weighted by atomic mass is 16.5. The number of hydrogen-bond donors (Lipinski definition) is 2. The Morgan fingerprint density at radius 1 is 1.38 bits per heavy atom. The molecule has 0 spiro atoms. The molecule has 6 heteroatoms. The molecule has 1 saturated heterocycles. The minimum Gasteiger partial charge on any atom is -0.373 e. The summed E-state index contributed by atoms with van der Waals surface area (Å²) >= 11 is 0. The third-order valence-electron chi connectivity index (χ3n) is 3.77. The largest absolute Gasteiger partial charge is 0.373 e. The summed E-state index contributed by atoms with van der Waals surface area (Å²) in [4.78, 5) is 26.0. The van der Waals surface area contributed by atoms with E-state index >= 15 is 0 Å². The number of carbonyl (C=O) groups excluding carboxylic acids is 2. The molecule has 1 fully saturated rings. The van der Waals surface area contributed by atoms with Crippen molar-refractivity contribution in [3.05, 3.63) is 0 Å². The van der Waals surface area contributed by atoms with Crippen LogP contribution in [0.15, 0.2) is 0 Å². The van der Waals surface area contributed by atoms with Gasteiger partial charge in [0.15, 0.2) is 0 Å². The minimum atomic E-state index is -0.453. The fourth-order valence-corrected chi connectivity index (χ4v) is 2.26. The maximum atomic E-state index is 12.2. The summed E-state index contributed by atoms with van der Waals surface area (Å²) < 4.78 is 5.77. The van der Waals surface area contributed by atoms with Gasteiger partial charge in [-0.25, -0.2) is 4.79 Å². The summed E-state index contributed by atoms with van der Waals surface area (Å²) in [5.74, 6) is -0.280. The van der Waals surface area contributed by atoms with Gasteiger partial charge in [-0.2, -0.15) is 0 Å². The predicted octanol–water partition coefficient (Wildman–Crippen LogP) is 1.50. The zero-order chi connectivity index (χ0) is 16.3. The number of hydrogen-bond acceptors (Lipinski definition) is 4. The average molecular weight is 299 g/mol. The predicted molar refractivity (Wildman–Crippen MR) is 82.1 cm³/mol. The van der Waals surface area contributed by atoms with Gasteiger partial charge in [0.2, 0.25) is 5.91 Å². The van der Waals surface area contributed by atoms with Crippen molar-refractivity contribution in [2.45, 2.75) is 65.1 Å². The van der Waals surface area contributed by atoms with E-state index in [-0.39, 0.29) is 23.1 Å². The molecule has 0 aromatic carbocycles. The lowest BCUT2D eigenvalue weighted by atomic mass is 10.00. The number of ether oxygens (including phenoxy) is 1. The van der Waals surface area contributed by atoms with Crippen LogP contribution in [0.2, 0.25) is 0 Å². The molecule has 1 aliphatic heterocycles. The molecule has 0 aromatic rings. The van der Waals surface area contributed by atoms with E-state index in [9.17, 15) is 9.59 Å². The Hall–Kier alpha value is -1.14. The fraction of sp³-hybridized carbons (Fsp3) is 0.867. The lowest BCUT2D eigenvalue weighted by Gasteiger charge is -2.42. The van der Waals surface area contributed by atoms with Gasteiger partial charge in [0.05, 0.1) is 18.2 Å². The van der Waals surface area contributed by atoms with Crippen molar-refractivity contribution in [2.75, 3.05) is 19.7 Å². The number of urea groups is 1. The quantitative estimate of drug-likeness (QED) is 0.828. The zero-order valence-corrected chi connectivity index (χ0v) is 14.1. The maximum Gasteiger partial charge on any atom is 0.321 e. The van der Waals surface area contributed by atoms with Crippen LogP contribution in [0.1, 0.15) is 48.0 Å². The van der Waals surface area contributed by atoms with Crippen molar-refractivity contribution in [3.63, 3.8) is 0 Å². The lowest BCUT2D eigenvalue weighted by molar-refractivity contribution is -0.135. The number of imide groups is 1. The second-order valence-electron chi connectivity index (χ2n) is 6.99. The molecular weight excluding hydrogens is 270 g/mol. The topological polar surface area (TPSA) is 70.7 Å². The van der Waals surface area contributed by atoms with Gasteiger partial charge in [-0.15, -0.1) is 0 Å². The van der Waals surface area contributed by atoms with Crippen molar-refractivity contribution in [2.24, 2.45) is 0 Å². The van der Waals surface area contributed by atoms with E-state index < -0.39 is 6.03 Å². The SMILES string of the molecule is CC[C@@]1(C)CN([C@@H](C)C(=O)NC(=O)NC(C)(C)C)CCO1. The van der Waals surface area contributed by atoms with Crippen molar-refractivity contribution in [1.82, 2.24) is 15.5 Å². The van der Waals surface area contributed by atoms with Crippen molar-refractivity contribution in [3.8, 4) is 0 Å². The molecule has 2 atom stereocenters. The minimum absolute atomic E-state index is 0.222. The average Bonchev–Trinajstić information content (AvgIpc) is 2.35. The molecule has 1 aliphatic rings. The monoisotopic (exact) mass is 299 g/mol. The van der Waals surface area contributed by atoms with Crippen LogP contribution in [0.4, 0.5) is 4.79 Å². The Labute approximate surface area is 127 Å². The van der Waals surface area contributed by atoms with E-state index in [1.54, 1.807) is 0 Å². The molecule has 1 heterocycles. The molecule has 21 heavy (non-hydrogen) atoms. The van der Waals surface area contributed by atoms with Crippen molar-refractivity contribution in [1.29, 1.82) is 0 Å². The van der Waals surface area contributed by atoms with Gasteiger partial charge in [0.1, 0.15) is 0 Å². The van der Waals surface area contributed by atoms with Crippen LogP contribution in [-0.2, 0) is 9.53 Å². The van der Waals surface area contributed by atoms with Crippen molar-refractivity contribution < 1.29 is 14.3 Å². The Morgan fingerprint density at radius 2 is 2.00 bits per heavy atom. The first-order valence-electron chi connectivity index (χ1n) is 7.57. The molecule has 1 rings (SSSR count). The molecule has 0 aromatic heterocycles. The first-order chi connectivity index (χ1) is 9.56. The third kappa shape index (κ3) is 5.63. The third-order valence-corrected chi connectivity index (χ3v) is 3.77. The molecule has 0 unspecified atom stereocenters. The lowest BCUT2D eigenvalue weighted by Crippen LogP contribution is -2.58. The van der Waals surface area contributed by atoms with Crippen LogP contribution >= 0.6 is 0 Å². The van der Waals surface area contributed by atoms with Crippen molar-refractivity contribution >= 4 is 11.9 Å². The molecule has 6 nitrogen and oxygen atoms in total. The summed E-state index contributed by atoms with van der Waals surface area (Å²) in [6, 6.07) is -0.809. The van der Waals surface area contributed by atoms with Gasteiger partial charge in [-0.05, 0) is 41.0 Å². The first kappa shape index (κ1) is 17.9. The van der Waals surface area contributed by atoms with Gasteiger partial charge in [0, 0.05) is 18.6 Å². The standard InChI is InChI=1S/C15H29N3O3/c1-7-15(6)10-18(8-9-21-15)11(2)12(19)16-13(20)17-14(3,4)5/h11H,7-10H2,1-6H3,(H2,16,17,19,20)/t11-,15-/m0/s1. The number of nitrogens with zero attached hydrogens (tertiary/aromatic N) is 1. The zero-order valence-electron chi connectivity index (χ0n) is 14.1. The highest BCUT2D eigenvalue weighted by Crippen LogP contribution is 2.22. The molecule has 0 radical (unpaired) electrons. The Balaban J connectivity index is 2.56. The van der Waals surface area contributed by atoms with E-state index in [4.69, 9.17) is 4.74 Å². The van der Waals surface area contributed by atoms with E-state index in [0.29, 0.717) is 19.7 Å². The molecule has 122 valence electrons. The molecular formula is C15H29N3O3. The Morgan fingerprint density at radius 3 is 2.52 bits per heavy atom. The summed E-state index contributed by atoms with van der Waals surface area (Å²) in [5, 5.41) is 5.13. The van der Waals surface area contributed by atoms with Gasteiger partial charge < -0.3 is 10.1 Å². The van der Waals surface area contributed by atoms with E-state index in [1.807, 2.05) is 27.7 Å². The molecule has 0 bridgehead atoms. The molecule has 0 aliphatic carbocycles. The Bertz CT molecular complexity index is 392. The number of amides is 3. The maximum absolute atomic E-state index is 12.2. The second-order valence-corrected chi connectivity index (χ2v) is 6.99. The van der Waals surface area contributed by atoms with Crippen LogP contribution in [0.3, 0.4) is 0 Å². The second kappa shape index (κ2) is 6.75. The van der Waals surface area contributed by atoms with Gasteiger partial charge in [0.25, 0.3) is 0 Å². The van der Waals surface area contributed by atoms with E-state index in [2.05, 4.69) is 29.4 Å². The summed E-state index contributed by atoms with van der Waals surface area (Å²) in [7, 11) is 0. The van der Waals surface area contributed by atoms with Crippen LogP contribution in [-0.4, -0.2) is 53.7 Å². The summed E-state index contributed by atoms with van der Waals surface area (Å²) in [6.07, 6.45) is 0.891. The van der Waals surface area contributed by atoms with Crippen LogP contribution < -0.4 is 10.6 Å². The normalized spacial score (nSPS) is 25.2. The number of rotatable bonds is 3. The number of carbonyl (C=O) groups is 2. The van der Waals surface area contributed by atoms with Crippen LogP contribution in [0.25, 0.3) is 0 Å². The van der Waals surface area contributed by atoms with Crippen LogP contribution in [0, 0.1) is 0 Å². The Kier molecular flexibility index (Phi) is 5.75. The highest BCUT2D eigenvalue weighted by Gasteiger charge is 2.34. The fourth-order valence-electron chi connectivity index (χ4n) is 2.26. The van der Waals surface area contributed by atoms with E-state index in [0.717, 1.165) is 6.42 Å². The van der Waals surface area contributed by atoms with E-state index in [1.165, 1.54) is 0 Å². The molecule has 0 saturated carbocycles. The molecule has 3 amide bonds. The van der Waals surface area contributed by atoms with Gasteiger partial charge in [-0.3, -0.25) is 15.0 Å². The van der Waals surface area contributed by atoms with Gasteiger partial charge >= 0.3 is 6.03 Å². The van der Waals surface area contributed by atoms with Gasteiger partial charge in [-0.1, -0.05) is 6.92 Å². The summed E-state index contributed by atoms with van der Waals surface area (Å²) in [5.41, 5.74) is -0.589. The number of nitrogens with one attached hydrogen (secondary N) is 2.